The van der Waals surface area contributed by atoms with E-state index in [-0.39, 0.29) is 0 Å². The molecule has 0 N–H and O–H groups in total. The highest BCUT2D eigenvalue weighted by molar-refractivity contribution is 7.98. The number of carbonyl (C=O) groups excluding carboxylic acids is 1. The number of rotatable bonds is 4. The quantitative estimate of drug-likeness (QED) is 0.438. The Balaban J connectivity index is 2.01. The van der Waals surface area contributed by atoms with Crippen molar-refractivity contribution in [1.29, 1.82) is 0 Å². The van der Waals surface area contributed by atoms with Gasteiger partial charge in [-0.15, -0.1) is 11.8 Å². The van der Waals surface area contributed by atoms with Crippen molar-refractivity contribution in [2.45, 2.75) is 10.6 Å². The van der Waals surface area contributed by atoms with Crippen molar-refractivity contribution >= 4 is 46.7 Å². The zero-order valence-corrected chi connectivity index (χ0v) is 12.1. The van der Waals surface area contributed by atoms with Crippen molar-refractivity contribution in [3.8, 4) is 0 Å². The first kappa shape index (κ1) is 14.2. The molecule has 2 aromatic rings. The number of thioether (sulfide) groups is 1. The van der Waals surface area contributed by atoms with Crippen molar-refractivity contribution in [3.63, 3.8) is 0 Å². The Kier molecular flexibility index (Phi) is 5.06. The monoisotopic (exact) mass is 309 g/mol. The number of hydrogen-bond acceptors (Lipinski definition) is 3. The molecule has 2 nitrogen and oxygen atoms in total. The van der Waals surface area contributed by atoms with Crippen molar-refractivity contribution in [2.24, 2.45) is 4.99 Å². The van der Waals surface area contributed by atoms with Gasteiger partial charge in [0.2, 0.25) is 6.08 Å². The minimum atomic E-state index is 0.562. The van der Waals surface area contributed by atoms with E-state index in [1.807, 2.05) is 24.3 Å². The van der Waals surface area contributed by atoms with Gasteiger partial charge in [-0.1, -0.05) is 29.3 Å². The summed E-state index contributed by atoms with van der Waals surface area (Å²) < 4.78 is 0. The van der Waals surface area contributed by atoms with E-state index in [4.69, 9.17) is 23.2 Å². The lowest BCUT2D eigenvalue weighted by Crippen LogP contribution is -1.81. The summed E-state index contributed by atoms with van der Waals surface area (Å²) in [6.07, 6.45) is 1.51. The molecule has 0 aliphatic carbocycles. The summed E-state index contributed by atoms with van der Waals surface area (Å²) in [5.41, 5.74) is 1.71. The Hall–Kier alpha value is -1.25. The fourth-order valence-corrected chi connectivity index (χ4v) is 2.63. The molecule has 0 saturated heterocycles. The summed E-state index contributed by atoms with van der Waals surface area (Å²) in [4.78, 5) is 14.7. The van der Waals surface area contributed by atoms with Gasteiger partial charge >= 0.3 is 0 Å². The molecule has 0 fully saturated rings. The Morgan fingerprint density at radius 2 is 1.79 bits per heavy atom. The Bertz CT molecular complexity index is 622. The molecule has 0 bridgehead atoms. The van der Waals surface area contributed by atoms with Crippen LogP contribution >= 0.6 is 35.0 Å². The number of isocyanates is 1. The van der Waals surface area contributed by atoms with Gasteiger partial charge < -0.3 is 0 Å². The molecule has 0 amide bonds. The van der Waals surface area contributed by atoms with Crippen LogP contribution in [-0.4, -0.2) is 6.08 Å². The SMILES string of the molecule is O=C=Nc1ccc(SCc2ccc(Cl)c(Cl)c2)cc1. The second-order valence-electron chi connectivity index (χ2n) is 3.73. The van der Waals surface area contributed by atoms with Gasteiger partial charge in [0.05, 0.1) is 15.7 Å². The average molecular weight is 310 g/mol. The van der Waals surface area contributed by atoms with E-state index in [1.165, 1.54) is 6.08 Å². The molecule has 0 saturated carbocycles. The van der Waals surface area contributed by atoms with Crippen LogP contribution < -0.4 is 0 Å². The number of benzene rings is 2. The first-order chi connectivity index (χ1) is 9.19. The lowest BCUT2D eigenvalue weighted by Gasteiger charge is -2.04. The van der Waals surface area contributed by atoms with E-state index >= 15 is 0 Å². The lowest BCUT2D eigenvalue weighted by molar-refractivity contribution is 0.565. The highest BCUT2D eigenvalue weighted by atomic mass is 35.5. The summed E-state index contributed by atoms with van der Waals surface area (Å²) in [5.74, 6) is 0.799. The molecule has 0 spiro atoms. The molecule has 0 aliphatic heterocycles. The summed E-state index contributed by atoms with van der Waals surface area (Å²) >= 11 is 13.5. The van der Waals surface area contributed by atoms with Crippen LogP contribution in [0.3, 0.4) is 0 Å². The molecule has 0 aliphatic rings. The van der Waals surface area contributed by atoms with Crippen LogP contribution in [0.2, 0.25) is 10.0 Å². The second-order valence-corrected chi connectivity index (χ2v) is 5.60. The maximum absolute atomic E-state index is 10.1. The summed E-state index contributed by atoms with van der Waals surface area (Å²) in [7, 11) is 0. The predicted octanol–water partition coefficient (Wildman–Crippen LogP) is 5.25. The Morgan fingerprint density at radius 1 is 1.05 bits per heavy atom. The minimum absolute atomic E-state index is 0.562. The Labute approximate surface area is 125 Å². The largest absolute Gasteiger partial charge is 0.240 e. The van der Waals surface area contributed by atoms with Gasteiger partial charge in [-0.05, 0) is 42.0 Å². The third-order valence-corrected chi connectivity index (χ3v) is 4.22. The predicted molar refractivity (Wildman–Crippen MR) is 80.2 cm³/mol. The third kappa shape index (κ3) is 4.12. The number of hydrogen-bond donors (Lipinski definition) is 0. The highest BCUT2D eigenvalue weighted by Crippen LogP contribution is 2.28. The van der Waals surface area contributed by atoms with Gasteiger partial charge in [-0.3, -0.25) is 0 Å². The van der Waals surface area contributed by atoms with Crippen LogP contribution in [0, 0.1) is 0 Å². The van der Waals surface area contributed by atoms with E-state index in [0.29, 0.717) is 15.7 Å². The molecule has 96 valence electrons. The number of aliphatic imine (C=N–C) groups is 1. The number of halogens is 2. The molecule has 5 heteroatoms. The fourth-order valence-electron chi connectivity index (χ4n) is 1.47. The number of nitrogens with zero attached hydrogens (tertiary/aromatic N) is 1. The molecule has 0 unspecified atom stereocenters. The van der Waals surface area contributed by atoms with Gasteiger partial charge in [0.15, 0.2) is 0 Å². The average Bonchev–Trinajstić information content (AvgIpc) is 2.42. The molecule has 0 radical (unpaired) electrons. The van der Waals surface area contributed by atoms with Crippen LogP contribution in [0.1, 0.15) is 5.56 Å². The minimum Gasteiger partial charge on any atom is -0.211 e. The molecule has 2 rings (SSSR count). The Morgan fingerprint density at radius 3 is 2.42 bits per heavy atom. The van der Waals surface area contributed by atoms with Crippen molar-refractivity contribution < 1.29 is 4.79 Å². The van der Waals surface area contributed by atoms with Crippen molar-refractivity contribution in [1.82, 2.24) is 0 Å². The van der Waals surface area contributed by atoms with Crippen LogP contribution in [0.25, 0.3) is 0 Å². The standard InChI is InChI=1S/C14H9Cl2NOS/c15-13-6-1-10(7-14(13)16)8-19-12-4-2-11(3-5-12)17-9-18/h1-7H,8H2. The summed E-state index contributed by atoms with van der Waals surface area (Å²) in [5, 5.41) is 1.13. The fraction of sp³-hybridized carbons (Fsp3) is 0.0714. The van der Waals surface area contributed by atoms with Gasteiger partial charge in [-0.2, -0.15) is 4.99 Å². The molecule has 2 aromatic carbocycles. The van der Waals surface area contributed by atoms with E-state index in [0.717, 1.165) is 16.2 Å². The second kappa shape index (κ2) is 6.78. The normalized spacial score (nSPS) is 10.0. The van der Waals surface area contributed by atoms with Crippen LogP contribution in [0.5, 0.6) is 0 Å². The van der Waals surface area contributed by atoms with Crippen molar-refractivity contribution in [3.05, 3.63) is 58.1 Å². The topological polar surface area (TPSA) is 29.4 Å². The first-order valence-corrected chi connectivity index (χ1v) is 7.18. The third-order valence-electron chi connectivity index (χ3n) is 2.40. The highest BCUT2D eigenvalue weighted by Gasteiger charge is 2.01. The molecular weight excluding hydrogens is 301 g/mol. The van der Waals surface area contributed by atoms with Crippen LogP contribution in [0.4, 0.5) is 5.69 Å². The van der Waals surface area contributed by atoms with Gasteiger partial charge in [-0.25, -0.2) is 4.79 Å². The zero-order valence-electron chi connectivity index (χ0n) is 9.77. The maximum atomic E-state index is 10.1. The molecule has 0 heterocycles. The molecular formula is C14H9Cl2NOS. The van der Waals surface area contributed by atoms with E-state index in [1.54, 1.807) is 30.0 Å². The van der Waals surface area contributed by atoms with E-state index < -0.39 is 0 Å². The zero-order chi connectivity index (χ0) is 13.7. The van der Waals surface area contributed by atoms with Gasteiger partial charge in [0.1, 0.15) is 0 Å². The van der Waals surface area contributed by atoms with E-state index in [9.17, 15) is 4.79 Å². The summed E-state index contributed by atoms with van der Waals surface area (Å²) in [6.45, 7) is 0. The van der Waals surface area contributed by atoms with Crippen molar-refractivity contribution in [2.75, 3.05) is 0 Å². The smallest absolute Gasteiger partial charge is 0.211 e. The molecule has 0 aromatic heterocycles. The van der Waals surface area contributed by atoms with E-state index in [2.05, 4.69) is 4.99 Å². The lowest BCUT2D eigenvalue weighted by atomic mass is 10.2. The van der Waals surface area contributed by atoms with Crippen LogP contribution in [0.15, 0.2) is 52.4 Å². The van der Waals surface area contributed by atoms with Gasteiger partial charge in [0.25, 0.3) is 0 Å². The van der Waals surface area contributed by atoms with Gasteiger partial charge in [0, 0.05) is 10.6 Å². The molecule has 19 heavy (non-hydrogen) atoms. The van der Waals surface area contributed by atoms with Crippen LogP contribution in [-0.2, 0) is 10.5 Å². The summed E-state index contributed by atoms with van der Waals surface area (Å²) in [6, 6.07) is 13.0. The molecule has 0 atom stereocenters. The first-order valence-electron chi connectivity index (χ1n) is 5.44. The maximum Gasteiger partial charge on any atom is 0.240 e.